The predicted molar refractivity (Wildman–Crippen MR) is 68.8 cm³/mol. The van der Waals surface area contributed by atoms with Crippen molar-refractivity contribution in [1.29, 1.82) is 0 Å². The highest BCUT2D eigenvalue weighted by molar-refractivity contribution is 5.94. The Labute approximate surface area is 114 Å². The second-order valence-corrected chi connectivity index (χ2v) is 5.68. The van der Waals surface area contributed by atoms with E-state index in [1.807, 2.05) is 13.8 Å². The average Bonchev–Trinajstić information content (AvgIpc) is 3.10. The molecule has 0 spiro atoms. The molecule has 2 N–H and O–H groups in total. The van der Waals surface area contributed by atoms with Crippen molar-refractivity contribution >= 4 is 11.7 Å². The van der Waals surface area contributed by atoms with Crippen molar-refractivity contribution in [3.8, 4) is 0 Å². The van der Waals surface area contributed by atoms with Gasteiger partial charge in [-0.15, -0.1) is 0 Å². The molecular weight excluding hydrogens is 271 g/mol. The van der Waals surface area contributed by atoms with E-state index in [0.29, 0.717) is 12.0 Å². The van der Waals surface area contributed by atoms with Crippen molar-refractivity contribution in [1.82, 2.24) is 0 Å². The Morgan fingerprint density at radius 1 is 1.30 bits per heavy atom. The maximum Gasteiger partial charge on any atom is 0.416 e. The van der Waals surface area contributed by atoms with Gasteiger partial charge in [-0.2, -0.15) is 13.2 Å². The molecule has 0 saturated heterocycles. The van der Waals surface area contributed by atoms with E-state index in [4.69, 9.17) is 5.11 Å². The predicted octanol–water partition coefficient (Wildman–Crippen LogP) is 4.00. The minimum Gasteiger partial charge on any atom is -0.478 e. The summed E-state index contributed by atoms with van der Waals surface area (Å²) in [5, 5.41) is 12.2. The number of hydrogen-bond acceptors (Lipinski definition) is 2. The molecule has 0 amide bonds. The zero-order valence-corrected chi connectivity index (χ0v) is 11.2. The lowest BCUT2D eigenvalue weighted by Crippen LogP contribution is -2.34. The van der Waals surface area contributed by atoms with Crippen LogP contribution in [0.15, 0.2) is 18.2 Å². The van der Waals surface area contributed by atoms with Crippen LogP contribution in [0.2, 0.25) is 0 Å². The van der Waals surface area contributed by atoms with Gasteiger partial charge in [0.1, 0.15) is 0 Å². The summed E-state index contributed by atoms with van der Waals surface area (Å²) in [4.78, 5) is 11.2. The molecule has 0 aliphatic heterocycles. The Morgan fingerprint density at radius 3 is 2.35 bits per heavy atom. The van der Waals surface area contributed by atoms with Crippen LogP contribution in [-0.2, 0) is 6.18 Å². The van der Waals surface area contributed by atoms with Crippen LogP contribution in [0, 0.1) is 5.92 Å². The molecule has 0 unspecified atom stereocenters. The topological polar surface area (TPSA) is 49.3 Å². The molecule has 1 aliphatic carbocycles. The molecule has 0 aromatic heterocycles. The molecule has 3 nitrogen and oxygen atoms in total. The molecule has 1 saturated carbocycles. The summed E-state index contributed by atoms with van der Waals surface area (Å²) in [6.45, 7) is 3.85. The first-order valence-corrected chi connectivity index (χ1v) is 6.34. The van der Waals surface area contributed by atoms with Crippen LogP contribution in [0.1, 0.15) is 42.6 Å². The highest BCUT2D eigenvalue weighted by Gasteiger charge is 2.38. The molecule has 2 rings (SSSR count). The Balaban J connectivity index is 2.35. The minimum atomic E-state index is -4.55. The van der Waals surface area contributed by atoms with Crippen LogP contribution in [0.25, 0.3) is 0 Å². The first-order valence-electron chi connectivity index (χ1n) is 6.34. The van der Waals surface area contributed by atoms with Gasteiger partial charge in [-0.3, -0.25) is 0 Å². The average molecular weight is 287 g/mol. The highest BCUT2D eigenvalue weighted by Crippen LogP contribution is 2.42. The number of anilines is 1. The number of rotatable bonds is 4. The maximum atomic E-state index is 12.6. The van der Waals surface area contributed by atoms with E-state index in [9.17, 15) is 18.0 Å². The molecule has 0 bridgehead atoms. The lowest BCUT2D eigenvalue weighted by molar-refractivity contribution is -0.137. The van der Waals surface area contributed by atoms with Gasteiger partial charge in [0.2, 0.25) is 0 Å². The number of aromatic carboxylic acids is 1. The molecule has 0 atom stereocenters. The van der Waals surface area contributed by atoms with Crippen LogP contribution in [0.5, 0.6) is 0 Å². The minimum absolute atomic E-state index is 0.224. The van der Waals surface area contributed by atoms with E-state index in [0.717, 1.165) is 18.9 Å². The van der Waals surface area contributed by atoms with E-state index >= 15 is 0 Å². The monoisotopic (exact) mass is 287 g/mol. The summed E-state index contributed by atoms with van der Waals surface area (Å²) in [7, 11) is 0. The molecule has 6 heteroatoms. The number of benzene rings is 1. The SMILES string of the molecule is CC(C)(Nc1ccc(C(F)(F)F)cc1C(=O)O)C1CC1. The summed E-state index contributed by atoms with van der Waals surface area (Å²) in [6, 6.07) is 2.77. The number of alkyl halides is 3. The highest BCUT2D eigenvalue weighted by atomic mass is 19.4. The third-order valence-electron chi connectivity index (χ3n) is 3.63. The number of carboxylic acid groups (broad SMARTS) is 1. The van der Waals surface area contributed by atoms with Gasteiger partial charge in [-0.1, -0.05) is 0 Å². The molecule has 1 aromatic carbocycles. The van der Waals surface area contributed by atoms with Crippen molar-refractivity contribution < 1.29 is 23.1 Å². The fraction of sp³-hybridized carbons (Fsp3) is 0.500. The van der Waals surface area contributed by atoms with Gasteiger partial charge in [0, 0.05) is 11.2 Å². The van der Waals surface area contributed by atoms with Crippen molar-refractivity contribution in [2.75, 3.05) is 5.32 Å². The zero-order valence-electron chi connectivity index (χ0n) is 11.2. The van der Waals surface area contributed by atoms with Gasteiger partial charge < -0.3 is 10.4 Å². The second kappa shape index (κ2) is 4.68. The summed E-state index contributed by atoms with van der Waals surface area (Å²) in [6.07, 6.45) is -2.46. The van der Waals surface area contributed by atoms with Gasteiger partial charge in [-0.25, -0.2) is 4.79 Å². The van der Waals surface area contributed by atoms with E-state index < -0.39 is 17.7 Å². The van der Waals surface area contributed by atoms with Gasteiger partial charge in [-0.05, 0) is 50.8 Å². The van der Waals surface area contributed by atoms with Crippen molar-refractivity contribution in [3.63, 3.8) is 0 Å². The number of hydrogen-bond donors (Lipinski definition) is 2. The van der Waals surface area contributed by atoms with Crippen LogP contribution in [-0.4, -0.2) is 16.6 Å². The molecule has 0 radical (unpaired) electrons. The fourth-order valence-electron chi connectivity index (χ4n) is 2.26. The third kappa shape index (κ3) is 3.05. The molecule has 20 heavy (non-hydrogen) atoms. The lowest BCUT2D eigenvalue weighted by atomic mass is 9.97. The summed E-state index contributed by atoms with van der Waals surface area (Å²) >= 11 is 0. The van der Waals surface area contributed by atoms with Crippen molar-refractivity contribution in [2.24, 2.45) is 5.92 Å². The van der Waals surface area contributed by atoms with Gasteiger partial charge in [0.05, 0.1) is 11.1 Å². The van der Waals surface area contributed by atoms with E-state index in [1.165, 1.54) is 6.07 Å². The van der Waals surface area contributed by atoms with Gasteiger partial charge in [0.25, 0.3) is 0 Å². The first-order chi connectivity index (χ1) is 9.11. The Kier molecular flexibility index (Phi) is 3.44. The Morgan fingerprint density at radius 2 is 1.90 bits per heavy atom. The largest absolute Gasteiger partial charge is 0.478 e. The van der Waals surface area contributed by atoms with E-state index in [2.05, 4.69) is 5.32 Å². The van der Waals surface area contributed by atoms with Crippen LogP contribution in [0.4, 0.5) is 18.9 Å². The third-order valence-corrected chi connectivity index (χ3v) is 3.63. The van der Waals surface area contributed by atoms with E-state index in [-0.39, 0.29) is 16.8 Å². The van der Waals surface area contributed by atoms with Crippen molar-refractivity contribution in [3.05, 3.63) is 29.3 Å². The molecule has 1 fully saturated rings. The molecule has 1 aromatic rings. The van der Waals surface area contributed by atoms with Crippen LogP contribution >= 0.6 is 0 Å². The maximum absolute atomic E-state index is 12.6. The fourth-order valence-corrected chi connectivity index (χ4v) is 2.26. The Bertz CT molecular complexity index is 534. The van der Waals surface area contributed by atoms with E-state index in [1.54, 1.807) is 0 Å². The zero-order chi connectivity index (χ0) is 15.1. The second-order valence-electron chi connectivity index (χ2n) is 5.68. The molecule has 1 aliphatic rings. The smallest absolute Gasteiger partial charge is 0.416 e. The van der Waals surface area contributed by atoms with Gasteiger partial charge >= 0.3 is 12.1 Å². The number of halogens is 3. The van der Waals surface area contributed by atoms with Crippen LogP contribution in [0.3, 0.4) is 0 Å². The number of nitrogens with one attached hydrogen (secondary N) is 1. The number of carboxylic acids is 1. The van der Waals surface area contributed by atoms with Crippen molar-refractivity contribution in [2.45, 2.75) is 38.4 Å². The van der Waals surface area contributed by atoms with Crippen LogP contribution < -0.4 is 5.32 Å². The summed E-state index contributed by atoms with van der Waals surface area (Å²) < 4.78 is 37.9. The molecular formula is C14H16F3NO2. The summed E-state index contributed by atoms with van der Waals surface area (Å²) in [5.74, 6) is -0.948. The summed E-state index contributed by atoms with van der Waals surface area (Å²) in [5.41, 5.74) is -1.41. The lowest BCUT2D eigenvalue weighted by Gasteiger charge is -2.28. The Hall–Kier alpha value is -1.72. The molecule has 110 valence electrons. The number of carbonyl (C=O) groups is 1. The molecule has 0 heterocycles. The standard InChI is InChI=1S/C14H16F3NO2/c1-13(2,8-3-4-8)18-11-6-5-9(14(15,16)17)7-10(11)12(19)20/h5-8,18H,3-4H2,1-2H3,(H,19,20). The quantitative estimate of drug-likeness (QED) is 0.879. The first kappa shape index (κ1) is 14.7. The van der Waals surface area contributed by atoms with Gasteiger partial charge in [0.15, 0.2) is 0 Å². The normalized spacial score (nSPS) is 16.1.